The number of amidine groups is 1. The Labute approximate surface area is 243 Å². The number of nitrogens with two attached hydrogens (primary N) is 1. The molecule has 1 aliphatic heterocycles. The molecule has 3 rings (SSSR count). The molecule has 1 unspecified atom stereocenters. The molecule has 0 aliphatic carbocycles. The van der Waals surface area contributed by atoms with Crippen molar-refractivity contribution in [2.24, 2.45) is 10.9 Å². The van der Waals surface area contributed by atoms with Crippen LogP contribution < -0.4 is 20.5 Å². The van der Waals surface area contributed by atoms with Gasteiger partial charge < -0.3 is 26.1 Å². The quantitative estimate of drug-likeness (QED) is 0.122. The molecule has 43 heavy (non-hydrogen) atoms. The fourth-order valence-electron chi connectivity index (χ4n) is 3.43. The predicted molar refractivity (Wildman–Crippen MR) is 146 cm³/mol. The zero-order valence-corrected chi connectivity index (χ0v) is 23.1. The summed E-state index contributed by atoms with van der Waals surface area (Å²) in [4.78, 5) is 38.0. The monoisotopic (exact) mass is 630 g/mol. The normalized spacial score (nSPS) is 15.2. The number of carboxylic acids is 2. The number of amides is 1. The average molecular weight is 631 g/mol. The van der Waals surface area contributed by atoms with Crippen LogP contribution in [0.1, 0.15) is 29.5 Å². The van der Waals surface area contributed by atoms with Gasteiger partial charge in [0.1, 0.15) is 18.0 Å². The second-order valence-electron chi connectivity index (χ2n) is 8.91. The molecule has 0 spiro atoms. The fourth-order valence-corrected chi connectivity index (χ4v) is 4.44. The van der Waals surface area contributed by atoms with Crippen LogP contribution in [0.4, 0.5) is 13.2 Å². The average Bonchev–Trinajstić information content (AvgIpc) is 3.39. The zero-order chi connectivity index (χ0) is 32.2. The number of oxime groups is 1. The molecule has 8 N–H and O–H groups in total. The second kappa shape index (κ2) is 15.6. The summed E-state index contributed by atoms with van der Waals surface area (Å²) >= 11 is 0. The van der Waals surface area contributed by atoms with Crippen LogP contribution in [-0.2, 0) is 35.9 Å². The van der Waals surface area contributed by atoms with Gasteiger partial charge in [-0.3, -0.25) is 15.0 Å². The molecule has 1 amide bonds. The number of alkyl halides is 3. The number of hydrogen-bond donors (Lipinski definition) is 7. The molecule has 0 fully saturated rings. The number of aliphatic carboxylic acids is 2. The van der Waals surface area contributed by atoms with Crippen molar-refractivity contribution in [3.05, 3.63) is 71.3 Å². The van der Waals surface area contributed by atoms with E-state index in [0.717, 1.165) is 11.1 Å². The minimum atomic E-state index is -5.08. The van der Waals surface area contributed by atoms with E-state index < -0.39 is 52.9 Å². The van der Waals surface area contributed by atoms with Gasteiger partial charge in [0.05, 0.1) is 12.1 Å². The number of nitrogens with one attached hydrogen (secondary N) is 4. The standard InChI is InChI=1S/C23H28N6O6S.C2HF3O2/c24-22(25)17-8-6-16(7-9-17)19-12-18(35-28-19)13-21(30)26-14-20(23(31)32)29-36(33,34)27-11-10-15-4-2-1-3-5-15;3-2(4,5)1(6)7/h1-9,18,20,27,29H,10-14H2,(H3,24,25)(H,26,30)(H,31,32);(H,6,7)/t18?,20-;/m0./s1. The number of benzene rings is 2. The van der Waals surface area contributed by atoms with Crippen molar-refractivity contribution in [2.45, 2.75) is 37.6 Å². The van der Waals surface area contributed by atoms with Gasteiger partial charge in [0.25, 0.3) is 10.2 Å². The van der Waals surface area contributed by atoms with Crippen molar-refractivity contribution in [1.82, 2.24) is 14.8 Å². The molecule has 2 atom stereocenters. The Balaban J connectivity index is 0.000000821. The third kappa shape index (κ3) is 12.5. The van der Waals surface area contributed by atoms with Crippen LogP contribution in [0.5, 0.6) is 0 Å². The lowest BCUT2D eigenvalue weighted by Gasteiger charge is -2.16. The van der Waals surface area contributed by atoms with Crippen molar-refractivity contribution >= 4 is 39.6 Å². The largest absolute Gasteiger partial charge is 0.490 e. The molecule has 14 nitrogen and oxygen atoms in total. The summed E-state index contributed by atoms with van der Waals surface area (Å²) in [6, 6.07) is 14.5. The van der Waals surface area contributed by atoms with Crippen molar-refractivity contribution in [2.75, 3.05) is 13.1 Å². The summed E-state index contributed by atoms with van der Waals surface area (Å²) in [5, 5.41) is 30.4. The maximum atomic E-state index is 12.3. The Morgan fingerprint density at radius 1 is 1.09 bits per heavy atom. The van der Waals surface area contributed by atoms with Crippen LogP contribution in [0.3, 0.4) is 0 Å². The van der Waals surface area contributed by atoms with Crippen LogP contribution in [0.2, 0.25) is 0 Å². The van der Waals surface area contributed by atoms with Gasteiger partial charge in [-0.1, -0.05) is 59.8 Å². The van der Waals surface area contributed by atoms with Crippen molar-refractivity contribution in [3.63, 3.8) is 0 Å². The molecule has 0 saturated carbocycles. The van der Waals surface area contributed by atoms with E-state index in [1.54, 1.807) is 24.3 Å². The molecule has 18 heteroatoms. The van der Waals surface area contributed by atoms with E-state index in [2.05, 4.69) is 15.2 Å². The van der Waals surface area contributed by atoms with E-state index >= 15 is 0 Å². The van der Waals surface area contributed by atoms with Gasteiger partial charge in [0.2, 0.25) is 5.91 Å². The number of carbonyl (C=O) groups is 3. The summed E-state index contributed by atoms with van der Waals surface area (Å²) < 4.78 is 60.5. The molecule has 0 saturated heterocycles. The summed E-state index contributed by atoms with van der Waals surface area (Å²) in [7, 11) is -4.11. The number of nitrogens with zero attached hydrogens (tertiary/aromatic N) is 1. The van der Waals surface area contributed by atoms with E-state index in [-0.39, 0.29) is 18.8 Å². The Hall–Kier alpha value is -4.55. The smallest absolute Gasteiger partial charge is 0.480 e. The number of carbonyl (C=O) groups excluding carboxylic acids is 1. The Morgan fingerprint density at radius 2 is 1.70 bits per heavy atom. The number of halogens is 3. The number of carboxylic acid groups (broad SMARTS) is 2. The van der Waals surface area contributed by atoms with E-state index in [1.807, 2.05) is 35.1 Å². The SMILES string of the molecule is N=C(N)c1ccc(C2=NOC(CC(=O)NC[C@H](NS(=O)(=O)NCCc3ccccc3)C(=O)O)C2)cc1.O=C(O)C(F)(F)F. The van der Waals surface area contributed by atoms with Gasteiger partial charge in [-0.15, -0.1) is 0 Å². The molecular weight excluding hydrogens is 601 g/mol. The second-order valence-corrected chi connectivity index (χ2v) is 10.4. The van der Waals surface area contributed by atoms with E-state index in [9.17, 15) is 36.3 Å². The minimum Gasteiger partial charge on any atom is -0.480 e. The lowest BCUT2D eigenvalue weighted by Crippen LogP contribution is -2.52. The number of hydrogen-bond acceptors (Lipinski definition) is 8. The molecule has 0 radical (unpaired) electrons. The minimum absolute atomic E-state index is 0.0503. The predicted octanol–water partition coefficient (Wildman–Crippen LogP) is 0.723. The Bertz CT molecular complexity index is 1420. The first kappa shape index (κ1) is 34.7. The summed E-state index contributed by atoms with van der Waals surface area (Å²) in [5.74, 6) is -4.75. The zero-order valence-electron chi connectivity index (χ0n) is 22.3. The molecule has 234 valence electrons. The highest BCUT2D eigenvalue weighted by Gasteiger charge is 2.38. The van der Waals surface area contributed by atoms with Gasteiger partial charge in [-0.25, -0.2) is 9.52 Å². The summed E-state index contributed by atoms with van der Waals surface area (Å²) in [6.07, 6.45) is -4.94. The fraction of sp³-hybridized carbons (Fsp3) is 0.320. The molecule has 2 aromatic rings. The molecule has 0 bridgehead atoms. The summed E-state index contributed by atoms with van der Waals surface area (Å²) in [6.45, 7) is -0.364. The van der Waals surface area contributed by atoms with Crippen molar-refractivity contribution in [3.8, 4) is 0 Å². The van der Waals surface area contributed by atoms with Gasteiger partial charge in [-0.2, -0.15) is 26.3 Å². The van der Waals surface area contributed by atoms with Gasteiger partial charge in [0, 0.05) is 25.1 Å². The first-order valence-corrected chi connectivity index (χ1v) is 13.8. The van der Waals surface area contributed by atoms with E-state index in [4.69, 9.17) is 25.9 Å². The Kier molecular flexibility index (Phi) is 12.6. The topological polar surface area (TPSA) is 233 Å². The maximum Gasteiger partial charge on any atom is 0.490 e. The first-order chi connectivity index (χ1) is 20.1. The highest BCUT2D eigenvalue weighted by Crippen LogP contribution is 2.19. The first-order valence-electron chi connectivity index (χ1n) is 12.4. The van der Waals surface area contributed by atoms with Crippen LogP contribution in [0.25, 0.3) is 0 Å². The van der Waals surface area contributed by atoms with Crippen LogP contribution in [-0.4, -0.2) is 79.4 Å². The van der Waals surface area contributed by atoms with E-state index in [1.165, 1.54) is 0 Å². The van der Waals surface area contributed by atoms with Crippen LogP contribution >= 0.6 is 0 Å². The highest BCUT2D eigenvalue weighted by atomic mass is 32.2. The van der Waals surface area contributed by atoms with Crippen molar-refractivity contribution < 1.29 is 51.0 Å². The van der Waals surface area contributed by atoms with Gasteiger partial charge >= 0.3 is 18.1 Å². The Morgan fingerprint density at radius 3 is 2.23 bits per heavy atom. The van der Waals surface area contributed by atoms with Crippen LogP contribution in [0, 0.1) is 5.41 Å². The number of rotatable bonds is 13. The summed E-state index contributed by atoms with van der Waals surface area (Å²) in [5.41, 5.74) is 8.34. The van der Waals surface area contributed by atoms with Crippen LogP contribution in [0.15, 0.2) is 59.8 Å². The molecular formula is C25H29F3N6O8S. The third-order valence-electron chi connectivity index (χ3n) is 5.57. The van der Waals surface area contributed by atoms with Gasteiger partial charge in [0.15, 0.2) is 0 Å². The maximum absolute atomic E-state index is 12.3. The lowest BCUT2D eigenvalue weighted by atomic mass is 10.0. The van der Waals surface area contributed by atoms with E-state index in [0.29, 0.717) is 24.1 Å². The third-order valence-corrected chi connectivity index (χ3v) is 6.74. The molecule has 1 aliphatic rings. The van der Waals surface area contributed by atoms with Crippen molar-refractivity contribution in [1.29, 1.82) is 5.41 Å². The number of nitrogen functional groups attached to an aromatic ring is 1. The molecule has 1 heterocycles. The lowest BCUT2D eigenvalue weighted by molar-refractivity contribution is -0.192. The highest BCUT2D eigenvalue weighted by molar-refractivity contribution is 7.87. The molecule has 2 aromatic carbocycles. The van der Waals surface area contributed by atoms with Gasteiger partial charge in [-0.05, 0) is 17.5 Å². The molecule has 0 aromatic heterocycles.